The number of fused-ring (bicyclic) bond motifs is 4. The summed E-state index contributed by atoms with van der Waals surface area (Å²) < 4.78 is 3.86. The van der Waals surface area contributed by atoms with Crippen LogP contribution in [-0.2, 0) is 13.1 Å². The van der Waals surface area contributed by atoms with Gasteiger partial charge in [-0.25, -0.2) is 4.68 Å². The summed E-state index contributed by atoms with van der Waals surface area (Å²) in [6.45, 7) is 2.83. The fourth-order valence-electron chi connectivity index (χ4n) is 3.91. The monoisotopic (exact) mass is 469 g/mol. The van der Waals surface area contributed by atoms with Gasteiger partial charge in [0.2, 0.25) is 0 Å². The Labute approximate surface area is 198 Å². The van der Waals surface area contributed by atoms with Crippen molar-refractivity contribution in [3.63, 3.8) is 0 Å². The van der Waals surface area contributed by atoms with E-state index in [-0.39, 0.29) is 0 Å². The largest absolute Gasteiger partial charge is 0.276 e. The second kappa shape index (κ2) is 7.96. The summed E-state index contributed by atoms with van der Waals surface area (Å²) in [5.74, 6) is 8.14. The quantitative estimate of drug-likeness (QED) is 0.358. The Morgan fingerprint density at radius 2 is 1.88 bits per heavy atom. The number of aliphatic imine (C=N–C) groups is 1. The highest BCUT2D eigenvalue weighted by atomic mass is 35.5. The summed E-state index contributed by atoms with van der Waals surface area (Å²) in [7, 11) is 0. The third-order valence-corrected chi connectivity index (χ3v) is 6.80. The summed E-state index contributed by atoms with van der Waals surface area (Å²) in [6, 6.07) is 17.7. The van der Waals surface area contributed by atoms with Crippen LogP contribution < -0.4 is 0 Å². The highest BCUT2D eigenvalue weighted by Gasteiger charge is 2.25. The van der Waals surface area contributed by atoms with E-state index in [0.717, 1.165) is 49.4 Å². The third-order valence-electron chi connectivity index (χ3n) is 5.43. The molecule has 0 saturated heterocycles. The molecule has 0 spiro atoms. The van der Waals surface area contributed by atoms with Crippen molar-refractivity contribution in [1.29, 1.82) is 0 Å². The highest BCUT2D eigenvalue weighted by Crippen LogP contribution is 2.34. The number of benzene rings is 2. The van der Waals surface area contributed by atoms with E-state index in [9.17, 15) is 0 Å². The Hall–Kier alpha value is -3.80. The number of hydrogen-bond donors (Lipinski definition) is 0. The van der Waals surface area contributed by atoms with Gasteiger partial charge in [-0.05, 0) is 31.2 Å². The molecule has 33 heavy (non-hydrogen) atoms. The second-order valence-corrected chi connectivity index (χ2v) is 8.95. The van der Waals surface area contributed by atoms with Crippen LogP contribution in [0.25, 0.3) is 16.0 Å². The van der Waals surface area contributed by atoms with Gasteiger partial charge in [0.05, 0.1) is 16.1 Å². The molecule has 2 aromatic carbocycles. The average molecular weight is 470 g/mol. The molecule has 0 fully saturated rings. The summed E-state index contributed by atoms with van der Waals surface area (Å²) >= 11 is 8.13. The van der Waals surface area contributed by atoms with E-state index < -0.39 is 0 Å². The maximum atomic E-state index is 6.53. The van der Waals surface area contributed by atoms with Crippen molar-refractivity contribution in [2.75, 3.05) is 0 Å². The third kappa shape index (κ3) is 3.42. The molecule has 9 heteroatoms. The lowest BCUT2D eigenvalue weighted by Gasteiger charge is -2.08. The lowest BCUT2D eigenvalue weighted by Crippen LogP contribution is -2.05. The summed E-state index contributed by atoms with van der Waals surface area (Å²) in [5, 5.41) is 18.6. The normalized spacial score (nSPS) is 12.5. The predicted octanol–water partition coefficient (Wildman–Crippen LogP) is 4.44. The lowest BCUT2D eigenvalue weighted by molar-refractivity contribution is 0.693. The Balaban J connectivity index is 1.42. The molecule has 0 atom stereocenters. The molecule has 160 valence electrons. The van der Waals surface area contributed by atoms with Gasteiger partial charge in [0.15, 0.2) is 5.82 Å². The number of thiophene rings is 1. The Morgan fingerprint density at radius 3 is 2.79 bits per heavy atom. The fraction of sp³-hybridized carbons (Fsp3) is 0.125. The van der Waals surface area contributed by atoms with Gasteiger partial charge < -0.3 is 0 Å². The molecule has 0 N–H and O–H groups in total. The zero-order chi connectivity index (χ0) is 22.4. The zero-order valence-electron chi connectivity index (χ0n) is 17.5. The number of hydrogen-bond acceptors (Lipinski definition) is 6. The molecule has 0 aliphatic carbocycles. The Bertz CT molecular complexity index is 1610. The molecule has 3 aromatic heterocycles. The van der Waals surface area contributed by atoms with E-state index in [2.05, 4.69) is 43.0 Å². The lowest BCUT2D eigenvalue weighted by atomic mass is 10.0. The first-order valence-corrected chi connectivity index (χ1v) is 11.5. The Morgan fingerprint density at radius 1 is 1.03 bits per heavy atom. The van der Waals surface area contributed by atoms with Gasteiger partial charge in [-0.1, -0.05) is 59.0 Å². The first-order valence-electron chi connectivity index (χ1n) is 10.3. The van der Waals surface area contributed by atoms with Crippen LogP contribution in [0.2, 0.25) is 5.02 Å². The first kappa shape index (κ1) is 19.9. The number of rotatable bonds is 2. The highest BCUT2D eigenvalue weighted by molar-refractivity contribution is 7.15. The van der Waals surface area contributed by atoms with E-state index in [0.29, 0.717) is 18.1 Å². The van der Waals surface area contributed by atoms with Gasteiger partial charge in [0.1, 0.15) is 29.4 Å². The van der Waals surface area contributed by atoms with E-state index in [4.69, 9.17) is 16.6 Å². The molecule has 7 nitrogen and oxygen atoms in total. The summed E-state index contributed by atoms with van der Waals surface area (Å²) in [5.41, 5.74) is 4.53. The molecule has 5 aromatic rings. The number of halogens is 1. The molecular weight excluding hydrogens is 454 g/mol. The number of para-hydroxylation sites is 1. The predicted molar refractivity (Wildman–Crippen MR) is 129 cm³/mol. The number of aryl methyl sites for hydroxylation is 1. The van der Waals surface area contributed by atoms with Crippen LogP contribution >= 0.6 is 22.9 Å². The first-order chi connectivity index (χ1) is 16.2. The van der Waals surface area contributed by atoms with Gasteiger partial charge in [-0.15, -0.1) is 26.6 Å². The van der Waals surface area contributed by atoms with Crippen LogP contribution in [0, 0.1) is 18.8 Å². The van der Waals surface area contributed by atoms with Crippen LogP contribution in [0.4, 0.5) is 0 Å². The van der Waals surface area contributed by atoms with Crippen LogP contribution in [-0.4, -0.2) is 35.5 Å². The topological polar surface area (TPSA) is 73.8 Å². The molecule has 6 rings (SSSR count). The maximum Gasteiger partial charge on any atom is 0.160 e. The molecule has 0 radical (unpaired) electrons. The van der Waals surface area contributed by atoms with Gasteiger partial charge in [-0.2, -0.15) is 0 Å². The van der Waals surface area contributed by atoms with Gasteiger partial charge in [-0.3, -0.25) is 9.56 Å². The van der Waals surface area contributed by atoms with Gasteiger partial charge in [0, 0.05) is 16.1 Å². The van der Waals surface area contributed by atoms with Crippen molar-refractivity contribution < 1.29 is 0 Å². The molecular formula is C24H16ClN7S. The smallest absolute Gasteiger partial charge is 0.160 e. The maximum absolute atomic E-state index is 6.53. The van der Waals surface area contributed by atoms with Crippen molar-refractivity contribution in [1.82, 2.24) is 29.8 Å². The molecule has 0 amide bonds. The average Bonchev–Trinajstić information content (AvgIpc) is 3.50. The summed E-state index contributed by atoms with van der Waals surface area (Å²) in [6.07, 6.45) is 0. The molecule has 0 unspecified atom stereocenters. The molecule has 0 saturated carbocycles. The minimum Gasteiger partial charge on any atom is -0.276 e. The standard InChI is InChI=1S/C24H16ClN7S/c1-15-27-29-22-14-26-23(17-8-2-3-9-19(17)25)18-13-16(33-24(18)32(15)22)7-6-12-31-21-11-5-4-10-20(21)28-30-31/h2-5,8-11,13H,12,14H2,1H3. The van der Waals surface area contributed by atoms with E-state index in [1.807, 2.05) is 55.5 Å². The fourth-order valence-corrected chi connectivity index (χ4v) is 5.23. The molecule has 4 heterocycles. The minimum absolute atomic E-state index is 0.434. The van der Waals surface area contributed by atoms with Gasteiger partial charge in [0.25, 0.3) is 0 Å². The van der Waals surface area contributed by atoms with Crippen molar-refractivity contribution >= 4 is 39.7 Å². The van der Waals surface area contributed by atoms with E-state index in [1.165, 1.54) is 0 Å². The molecule has 1 aliphatic heterocycles. The second-order valence-electron chi connectivity index (χ2n) is 7.51. The summed E-state index contributed by atoms with van der Waals surface area (Å²) in [4.78, 5) is 5.79. The van der Waals surface area contributed by atoms with Crippen molar-refractivity contribution in [2.24, 2.45) is 4.99 Å². The van der Waals surface area contributed by atoms with Crippen molar-refractivity contribution in [2.45, 2.75) is 20.0 Å². The Kier molecular flexibility index (Phi) is 4.79. The molecule has 1 aliphatic rings. The van der Waals surface area contributed by atoms with Crippen LogP contribution in [0.3, 0.4) is 0 Å². The van der Waals surface area contributed by atoms with E-state index in [1.54, 1.807) is 16.0 Å². The SMILES string of the molecule is Cc1nnc2n1-c1sc(C#CCn3nnc4ccccc43)cc1C(c1ccccc1Cl)=NC2. The van der Waals surface area contributed by atoms with E-state index >= 15 is 0 Å². The van der Waals surface area contributed by atoms with Gasteiger partial charge >= 0.3 is 0 Å². The zero-order valence-corrected chi connectivity index (χ0v) is 19.1. The number of aromatic nitrogens is 6. The van der Waals surface area contributed by atoms with Crippen molar-refractivity contribution in [3.05, 3.63) is 87.3 Å². The number of nitrogens with zero attached hydrogens (tertiary/aromatic N) is 7. The van der Waals surface area contributed by atoms with Crippen LogP contribution in [0.15, 0.2) is 59.6 Å². The minimum atomic E-state index is 0.434. The van der Waals surface area contributed by atoms with Crippen LogP contribution in [0.1, 0.15) is 27.7 Å². The van der Waals surface area contributed by atoms with Crippen molar-refractivity contribution in [3.8, 4) is 16.8 Å². The van der Waals surface area contributed by atoms with Crippen LogP contribution in [0.5, 0.6) is 0 Å². The molecule has 0 bridgehead atoms.